The number of ketones is 1. The lowest BCUT2D eigenvalue weighted by atomic mass is 10.1. The second-order valence-corrected chi connectivity index (χ2v) is 2.64. The zero-order chi connectivity index (χ0) is 6.69. The van der Waals surface area contributed by atoms with Crippen LogP contribution in [0.2, 0.25) is 0 Å². The Kier molecular flexibility index (Phi) is 2.22. The number of carbonyl (C=O) groups is 1. The van der Waals surface area contributed by atoms with Crippen molar-refractivity contribution in [1.29, 1.82) is 0 Å². The first-order chi connectivity index (χ1) is 4.29. The van der Waals surface area contributed by atoms with Crippen LogP contribution in [0.25, 0.3) is 0 Å². The number of hydrogen-bond acceptors (Lipinski definition) is 2. The Morgan fingerprint density at radius 2 is 2.22 bits per heavy atom. The van der Waals surface area contributed by atoms with Crippen LogP contribution in [0.5, 0.6) is 0 Å². The van der Waals surface area contributed by atoms with Crippen molar-refractivity contribution in [1.82, 2.24) is 0 Å². The molecule has 0 saturated heterocycles. The van der Waals surface area contributed by atoms with Crippen molar-refractivity contribution in [2.75, 3.05) is 0 Å². The van der Waals surface area contributed by atoms with E-state index in [0.717, 1.165) is 19.3 Å². The maximum absolute atomic E-state index is 10.7. The third kappa shape index (κ3) is 2.14. The molecule has 52 valence electrons. The lowest BCUT2D eigenvalue weighted by Crippen LogP contribution is -2.08. The molecule has 0 heterocycles. The van der Waals surface area contributed by atoms with E-state index >= 15 is 0 Å². The minimum absolute atomic E-state index is 0.222. The van der Waals surface area contributed by atoms with Gasteiger partial charge in [-0.3, -0.25) is 4.79 Å². The molecular formula is C7H12O2. The van der Waals surface area contributed by atoms with Gasteiger partial charge in [0.15, 0.2) is 0 Å². The molecule has 1 atom stereocenters. The van der Waals surface area contributed by atoms with Gasteiger partial charge < -0.3 is 5.11 Å². The molecule has 2 heteroatoms. The maximum Gasteiger partial charge on any atom is 0.135 e. The second kappa shape index (κ2) is 2.97. The Balaban J connectivity index is 2.37. The average Bonchev–Trinajstić information content (AvgIpc) is 1.93. The van der Waals surface area contributed by atoms with Gasteiger partial charge in [-0.15, -0.1) is 0 Å². The SMILES string of the molecule is O=C1CCCCC(O)C1. The van der Waals surface area contributed by atoms with Crippen molar-refractivity contribution in [2.24, 2.45) is 0 Å². The third-order valence-electron chi connectivity index (χ3n) is 1.71. The Morgan fingerprint density at radius 3 is 3.00 bits per heavy atom. The van der Waals surface area contributed by atoms with Crippen LogP contribution in [0.4, 0.5) is 0 Å². The van der Waals surface area contributed by atoms with E-state index in [-0.39, 0.29) is 11.9 Å². The van der Waals surface area contributed by atoms with E-state index in [1.54, 1.807) is 0 Å². The van der Waals surface area contributed by atoms with Crippen molar-refractivity contribution < 1.29 is 9.90 Å². The fourth-order valence-corrected chi connectivity index (χ4v) is 1.17. The summed E-state index contributed by atoms with van der Waals surface area (Å²) in [7, 11) is 0. The molecule has 0 aliphatic heterocycles. The van der Waals surface area contributed by atoms with Crippen LogP contribution in [0.15, 0.2) is 0 Å². The molecule has 9 heavy (non-hydrogen) atoms. The van der Waals surface area contributed by atoms with Crippen molar-refractivity contribution >= 4 is 5.78 Å². The summed E-state index contributed by atoms with van der Waals surface area (Å²) in [5.74, 6) is 0.222. The Labute approximate surface area is 54.9 Å². The van der Waals surface area contributed by atoms with Gasteiger partial charge in [0, 0.05) is 12.8 Å². The standard InChI is InChI=1S/C7H12O2/c8-6-3-1-2-4-7(9)5-6/h6,8H,1-5H2. The molecule has 0 aromatic carbocycles. The molecule has 0 aromatic heterocycles. The highest BCUT2D eigenvalue weighted by Gasteiger charge is 2.13. The van der Waals surface area contributed by atoms with Crippen molar-refractivity contribution in [2.45, 2.75) is 38.2 Å². The van der Waals surface area contributed by atoms with Gasteiger partial charge in [-0.25, -0.2) is 0 Å². The number of aliphatic hydroxyl groups is 1. The first-order valence-corrected chi connectivity index (χ1v) is 3.49. The van der Waals surface area contributed by atoms with Gasteiger partial charge in [0.2, 0.25) is 0 Å². The molecule has 2 nitrogen and oxygen atoms in total. The van der Waals surface area contributed by atoms with E-state index in [4.69, 9.17) is 5.11 Å². The molecular weight excluding hydrogens is 116 g/mol. The summed E-state index contributed by atoms with van der Waals surface area (Å²) in [4.78, 5) is 10.7. The highest BCUT2D eigenvalue weighted by Crippen LogP contribution is 2.13. The molecule has 0 bridgehead atoms. The number of Topliss-reactive ketones (excluding diaryl/α,β-unsaturated/α-hetero) is 1. The summed E-state index contributed by atoms with van der Waals surface area (Å²) < 4.78 is 0. The summed E-state index contributed by atoms with van der Waals surface area (Å²) in [5, 5.41) is 9.04. The van der Waals surface area contributed by atoms with E-state index in [0.29, 0.717) is 12.8 Å². The lowest BCUT2D eigenvalue weighted by Gasteiger charge is -2.01. The predicted molar refractivity (Wildman–Crippen MR) is 34.1 cm³/mol. The quantitative estimate of drug-likeness (QED) is 0.492. The molecule has 1 unspecified atom stereocenters. The smallest absolute Gasteiger partial charge is 0.135 e. The fraction of sp³-hybridized carbons (Fsp3) is 0.857. The van der Waals surface area contributed by atoms with Crippen LogP contribution in [0, 0.1) is 0 Å². The van der Waals surface area contributed by atoms with Crippen LogP contribution in [-0.2, 0) is 4.79 Å². The minimum atomic E-state index is -0.347. The normalized spacial score (nSPS) is 29.9. The van der Waals surface area contributed by atoms with Gasteiger partial charge in [0.25, 0.3) is 0 Å². The highest BCUT2D eigenvalue weighted by molar-refractivity contribution is 5.79. The molecule has 0 amide bonds. The molecule has 0 spiro atoms. The van der Waals surface area contributed by atoms with Gasteiger partial charge in [-0.1, -0.05) is 6.42 Å². The van der Waals surface area contributed by atoms with Crippen LogP contribution in [0.3, 0.4) is 0 Å². The van der Waals surface area contributed by atoms with Crippen LogP contribution >= 0.6 is 0 Å². The summed E-state index contributed by atoms with van der Waals surface area (Å²) >= 11 is 0. The van der Waals surface area contributed by atoms with E-state index < -0.39 is 0 Å². The largest absolute Gasteiger partial charge is 0.393 e. The summed E-state index contributed by atoms with van der Waals surface area (Å²) in [6, 6.07) is 0. The van der Waals surface area contributed by atoms with Gasteiger partial charge in [-0.2, -0.15) is 0 Å². The lowest BCUT2D eigenvalue weighted by molar-refractivity contribution is -0.120. The van der Waals surface area contributed by atoms with Crippen molar-refractivity contribution in [3.63, 3.8) is 0 Å². The molecule has 1 fully saturated rings. The highest BCUT2D eigenvalue weighted by atomic mass is 16.3. The fourth-order valence-electron chi connectivity index (χ4n) is 1.17. The van der Waals surface area contributed by atoms with Gasteiger partial charge >= 0.3 is 0 Å². The Bertz CT molecular complexity index is 109. The van der Waals surface area contributed by atoms with Crippen LogP contribution < -0.4 is 0 Å². The van der Waals surface area contributed by atoms with Crippen LogP contribution in [0.1, 0.15) is 32.1 Å². The zero-order valence-corrected chi connectivity index (χ0v) is 5.47. The minimum Gasteiger partial charge on any atom is -0.393 e. The summed E-state index contributed by atoms with van der Waals surface area (Å²) in [6.07, 6.45) is 3.51. The zero-order valence-electron chi connectivity index (χ0n) is 5.47. The second-order valence-electron chi connectivity index (χ2n) is 2.64. The summed E-state index contributed by atoms with van der Waals surface area (Å²) in [6.45, 7) is 0. The number of aliphatic hydroxyl groups excluding tert-OH is 1. The monoisotopic (exact) mass is 128 g/mol. The molecule has 1 rings (SSSR count). The maximum atomic E-state index is 10.7. The van der Waals surface area contributed by atoms with E-state index in [1.807, 2.05) is 0 Å². The first kappa shape index (κ1) is 6.75. The predicted octanol–water partition coefficient (Wildman–Crippen LogP) is 0.881. The molecule has 0 radical (unpaired) electrons. The molecule has 1 aliphatic rings. The number of hydrogen-bond donors (Lipinski definition) is 1. The number of carbonyl (C=O) groups excluding carboxylic acids is 1. The van der Waals surface area contributed by atoms with E-state index in [9.17, 15) is 4.79 Å². The molecule has 1 aliphatic carbocycles. The Hall–Kier alpha value is -0.370. The first-order valence-electron chi connectivity index (χ1n) is 3.49. The van der Waals surface area contributed by atoms with Gasteiger partial charge in [-0.05, 0) is 12.8 Å². The van der Waals surface area contributed by atoms with Gasteiger partial charge in [0.05, 0.1) is 6.10 Å². The molecule has 1 saturated carbocycles. The van der Waals surface area contributed by atoms with Crippen LogP contribution in [-0.4, -0.2) is 17.0 Å². The van der Waals surface area contributed by atoms with Gasteiger partial charge in [0.1, 0.15) is 5.78 Å². The molecule has 1 N–H and O–H groups in total. The Morgan fingerprint density at radius 1 is 1.44 bits per heavy atom. The summed E-state index contributed by atoms with van der Waals surface area (Å²) in [5.41, 5.74) is 0. The van der Waals surface area contributed by atoms with E-state index in [2.05, 4.69) is 0 Å². The van der Waals surface area contributed by atoms with E-state index in [1.165, 1.54) is 0 Å². The molecule has 0 aromatic rings. The number of rotatable bonds is 0. The topological polar surface area (TPSA) is 37.3 Å². The van der Waals surface area contributed by atoms with Crippen molar-refractivity contribution in [3.05, 3.63) is 0 Å². The van der Waals surface area contributed by atoms with Crippen molar-refractivity contribution in [3.8, 4) is 0 Å². The average molecular weight is 128 g/mol. The third-order valence-corrected chi connectivity index (χ3v) is 1.71.